The van der Waals surface area contributed by atoms with Gasteiger partial charge in [-0.15, -0.1) is 0 Å². The van der Waals surface area contributed by atoms with Gasteiger partial charge in [0.15, 0.2) is 5.22 Å². The molecular formula is C18H34O5Si. The van der Waals surface area contributed by atoms with Crippen molar-refractivity contribution in [2.24, 2.45) is 5.92 Å². The van der Waals surface area contributed by atoms with Crippen molar-refractivity contribution in [3.8, 4) is 0 Å². The fourth-order valence-corrected chi connectivity index (χ4v) is 8.50. The smallest absolute Gasteiger partial charge is 0.374 e. The van der Waals surface area contributed by atoms with Crippen LogP contribution in [0.4, 0.5) is 0 Å². The van der Waals surface area contributed by atoms with E-state index in [-0.39, 0.29) is 18.0 Å². The van der Waals surface area contributed by atoms with E-state index in [1.165, 1.54) is 0 Å². The first kappa shape index (κ1) is 21.3. The first-order chi connectivity index (χ1) is 11.4. The number of esters is 1. The van der Waals surface area contributed by atoms with Crippen LogP contribution in [0.15, 0.2) is 11.6 Å². The van der Waals surface area contributed by atoms with E-state index in [0.29, 0.717) is 5.57 Å². The van der Waals surface area contributed by atoms with Gasteiger partial charge in [0.1, 0.15) is 6.10 Å². The summed E-state index contributed by atoms with van der Waals surface area (Å²) in [6, 6.07) is 0.848. The Balaban J connectivity index is 3.39. The zero-order chi connectivity index (χ0) is 18.4. The summed E-state index contributed by atoms with van der Waals surface area (Å²) in [5.74, 6) is -0.0787. The van der Waals surface area contributed by atoms with E-state index < -0.39 is 13.8 Å². The second-order valence-corrected chi connectivity index (χ2v) is 10.0. The standard InChI is InChI=1S/C18H34O5Si/c1-8-14(4)17(19)23-16-12-11-13-24(21-6,22-7)18(16,20-5)15(9-2)10-3/h8,15-16H,9-13H2,1-7H3. The fourth-order valence-electron chi connectivity index (χ4n) is 4.19. The predicted molar refractivity (Wildman–Crippen MR) is 96.9 cm³/mol. The van der Waals surface area contributed by atoms with Crippen LogP contribution in [-0.4, -0.2) is 47.2 Å². The molecule has 2 unspecified atom stereocenters. The number of methoxy groups -OCH3 is 1. The molecule has 0 saturated carbocycles. The number of allylic oxidation sites excluding steroid dienone is 1. The quantitative estimate of drug-likeness (QED) is 0.376. The molecule has 0 radical (unpaired) electrons. The highest BCUT2D eigenvalue weighted by atomic mass is 28.4. The van der Waals surface area contributed by atoms with E-state index >= 15 is 0 Å². The Morgan fingerprint density at radius 1 is 1.25 bits per heavy atom. The Morgan fingerprint density at radius 2 is 1.83 bits per heavy atom. The third-order valence-electron chi connectivity index (χ3n) is 5.64. The van der Waals surface area contributed by atoms with Gasteiger partial charge in [0.05, 0.1) is 0 Å². The molecule has 0 amide bonds. The molecule has 0 N–H and O–H groups in total. The van der Waals surface area contributed by atoms with Gasteiger partial charge in [-0.05, 0) is 38.7 Å². The fraction of sp³-hybridized carbons (Fsp3) is 0.833. The van der Waals surface area contributed by atoms with E-state index in [1.807, 2.05) is 6.92 Å². The van der Waals surface area contributed by atoms with Gasteiger partial charge in [-0.2, -0.15) is 0 Å². The maximum Gasteiger partial charge on any atom is 0.374 e. The number of carbonyl (C=O) groups excluding carboxylic acids is 1. The van der Waals surface area contributed by atoms with Crippen molar-refractivity contribution in [2.45, 2.75) is 70.8 Å². The first-order valence-electron chi connectivity index (χ1n) is 8.92. The van der Waals surface area contributed by atoms with E-state index in [0.717, 1.165) is 31.7 Å². The molecule has 1 aliphatic heterocycles. The second kappa shape index (κ2) is 9.13. The van der Waals surface area contributed by atoms with Crippen molar-refractivity contribution in [3.63, 3.8) is 0 Å². The highest BCUT2D eigenvalue weighted by Crippen LogP contribution is 2.48. The van der Waals surface area contributed by atoms with E-state index in [4.69, 9.17) is 18.3 Å². The van der Waals surface area contributed by atoms with Gasteiger partial charge in [0, 0.05) is 26.9 Å². The molecule has 5 nitrogen and oxygen atoms in total. The summed E-state index contributed by atoms with van der Waals surface area (Å²) in [7, 11) is 2.40. The Labute approximate surface area is 147 Å². The van der Waals surface area contributed by atoms with Crippen LogP contribution in [0.25, 0.3) is 0 Å². The molecule has 0 aromatic carbocycles. The van der Waals surface area contributed by atoms with Crippen LogP contribution in [0.3, 0.4) is 0 Å². The molecule has 6 heteroatoms. The summed E-state index contributed by atoms with van der Waals surface area (Å²) in [5, 5.41) is -0.693. The summed E-state index contributed by atoms with van der Waals surface area (Å²) in [6.45, 7) is 7.90. The van der Waals surface area contributed by atoms with Crippen LogP contribution in [0, 0.1) is 5.92 Å². The molecule has 1 saturated heterocycles. The monoisotopic (exact) mass is 358 g/mol. The molecule has 140 valence electrons. The summed E-state index contributed by atoms with van der Waals surface area (Å²) < 4.78 is 24.1. The van der Waals surface area contributed by atoms with Gasteiger partial charge in [-0.1, -0.05) is 32.8 Å². The van der Waals surface area contributed by atoms with Crippen LogP contribution >= 0.6 is 0 Å². The molecule has 1 aliphatic rings. The number of hydrogen-bond acceptors (Lipinski definition) is 5. The van der Waals surface area contributed by atoms with Crippen molar-refractivity contribution in [3.05, 3.63) is 11.6 Å². The molecule has 2 atom stereocenters. The molecule has 0 spiro atoms. The van der Waals surface area contributed by atoms with Crippen molar-refractivity contribution in [1.29, 1.82) is 0 Å². The lowest BCUT2D eigenvalue weighted by molar-refractivity contribution is -0.171. The predicted octanol–water partition coefficient (Wildman–Crippen LogP) is 3.75. The minimum atomic E-state index is -2.71. The zero-order valence-corrected chi connectivity index (χ0v) is 17.3. The van der Waals surface area contributed by atoms with Crippen molar-refractivity contribution >= 4 is 14.5 Å². The van der Waals surface area contributed by atoms with E-state index in [1.54, 1.807) is 34.3 Å². The summed E-state index contributed by atoms with van der Waals surface area (Å²) in [4.78, 5) is 12.4. The average Bonchev–Trinajstić information content (AvgIpc) is 2.62. The average molecular weight is 359 g/mol. The van der Waals surface area contributed by atoms with Gasteiger partial charge in [0.2, 0.25) is 0 Å². The lowest BCUT2D eigenvalue weighted by Gasteiger charge is -2.54. The van der Waals surface area contributed by atoms with Gasteiger partial charge in [0.25, 0.3) is 0 Å². The first-order valence-corrected chi connectivity index (χ1v) is 10.9. The van der Waals surface area contributed by atoms with Crippen molar-refractivity contribution < 1.29 is 23.1 Å². The van der Waals surface area contributed by atoms with Crippen LogP contribution < -0.4 is 0 Å². The third-order valence-corrected chi connectivity index (χ3v) is 10.1. The van der Waals surface area contributed by atoms with Crippen molar-refractivity contribution in [2.75, 3.05) is 21.3 Å². The molecule has 24 heavy (non-hydrogen) atoms. The normalized spacial score (nSPS) is 27.3. The molecule has 0 aromatic heterocycles. The topological polar surface area (TPSA) is 54.0 Å². The van der Waals surface area contributed by atoms with Gasteiger partial charge < -0.3 is 18.3 Å². The van der Waals surface area contributed by atoms with Gasteiger partial charge in [-0.25, -0.2) is 4.79 Å². The van der Waals surface area contributed by atoms with E-state index in [9.17, 15) is 4.79 Å². The number of ether oxygens (including phenoxy) is 2. The molecule has 1 rings (SSSR count). The van der Waals surface area contributed by atoms with Crippen LogP contribution in [-0.2, 0) is 23.1 Å². The molecule has 0 aliphatic carbocycles. The minimum Gasteiger partial charge on any atom is -0.456 e. The Bertz CT molecular complexity index is 443. The maximum absolute atomic E-state index is 12.4. The van der Waals surface area contributed by atoms with Gasteiger partial charge in [-0.3, -0.25) is 0 Å². The van der Waals surface area contributed by atoms with Crippen molar-refractivity contribution in [1.82, 2.24) is 0 Å². The van der Waals surface area contributed by atoms with Crippen LogP contribution in [0.1, 0.15) is 53.4 Å². The maximum atomic E-state index is 12.4. The highest BCUT2D eigenvalue weighted by Gasteiger charge is 2.67. The Morgan fingerprint density at radius 3 is 2.25 bits per heavy atom. The highest BCUT2D eigenvalue weighted by molar-refractivity contribution is 6.71. The zero-order valence-electron chi connectivity index (χ0n) is 16.3. The summed E-state index contributed by atoms with van der Waals surface area (Å²) in [5.41, 5.74) is 0.609. The van der Waals surface area contributed by atoms with E-state index in [2.05, 4.69) is 13.8 Å². The van der Waals surface area contributed by atoms with Gasteiger partial charge >= 0.3 is 14.5 Å². The molecule has 0 bridgehead atoms. The summed E-state index contributed by atoms with van der Waals surface area (Å²) >= 11 is 0. The number of rotatable bonds is 8. The Hall–Kier alpha value is -0.693. The number of carbonyl (C=O) groups is 1. The lowest BCUT2D eigenvalue weighted by atomic mass is 9.89. The molecule has 1 fully saturated rings. The van der Waals surface area contributed by atoms with Crippen LogP contribution in [0.5, 0.6) is 0 Å². The molecular weight excluding hydrogens is 324 g/mol. The second-order valence-electron chi connectivity index (χ2n) is 6.43. The Kier molecular flexibility index (Phi) is 8.12. The van der Waals surface area contributed by atoms with Crippen LogP contribution in [0.2, 0.25) is 6.04 Å². The third kappa shape index (κ3) is 3.47. The minimum absolute atomic E-state index is 0.207. The largest absolute Gasteiger partial charge is 0.456 e. The SMILES string of the molecule is CC=C(C)C(=O)OC1CCC[Si](OC)(OC)C1(OC)C(CC)CC. The molecule has 1 heterocycles. The molecule has 0 aromatic rings. The lowest BCUT2D eigenvalue weighted by Crippen LogP contribution is -2.74. The number of hydrogen-bond donors (Lipinski definition) is 0. The summed E-state index contributed by atoms with van der Waals surface area (Å²) in [6.07, 6.45) is 4.94.